The number of anilines is 1. The maximum Gasteiger partial charge on any atom is 0.348 e. The zero-order valence-corrected chi connectivity index (χ0v) is 21.1. The van der Waals surface area contributed by atoms with Gasteiger partial charge < -0.3 is 5.11 Å². The molecule has 1 fully saturated rings. The molecule has 0 unspecified atom stereocenters. The molecule has 0 aliphatic heterocycles. The van der Waals surface area contributed by atoms with Crippen LogP contribution in [0.2, 0.25) is 0 Å². The molecule has 1 aliphatic rings. The van der Waals surface area contributed by atoms with Gasteiger partial charge in [-0.15, -0.1) is 11.3 Å². The largest absolute Gasteiger partial charge is 0.477 e. The first kappa shape index (κ1) is 27.2. The van der Waals surface area contributed by atoms with Crippen LogP contribution >= 0.6 is 11.3 Å². The Morgan fingerprint density at radius 2 is 1.77 bits per heavy atom. The number of carboxylic acids is 1. The number of rotatable bonds is 6. The van der Waals surface area contributed by atoms with Crippen LogP contribution in [0.5, 0.6) is 0 Å². The van der Waals surface area contributed by atoms with Crippen molar-refractivity contribution in [3.8, 4) is 11.8 Å². The summed E-state index contributed by atoms with van der Waals surface area (Å²) in [5.74, 6) is 5.64. The number of carboxylic acid groups (broad SMARTS) is 1. The molecule has 6 heteroatoms. The van der Waals surface area contributed by atoms with E-state index in [1.54, 1.807) is 13.1 Å². The van der Waals surface area contributed by atoms with Gasteiger partial charge in [0.05, 0.1) is 10.6 Å². The second-order valence-electron chi connectivity index (χ2n) is 9.34. The average molecular weight is 449 g/mol. The fourth-order valence-electron chi connectivity index (χ4n) is 3.40. The van der Waals surface area contributed by atoms with Gasteiger partial charge in [-0.25, -0.2) is 15.2 Å². The van der Waals surface area contributed by atoms with Crippen LogP contribution in [-0.2, 0) is 4.79 Å². The molecule has 31 heavy (non-hydrogen) atoms. The second kappa shape index (κ2) is 12.9. The van der Waals surface area contributed by atoms with E-state index < -0.39 is 5.97 Å². The van der Waals surface area contributed by atoms with Crippen LogP contribution in [-0.4, -0.2) is 24.0 Å². The number of thiophene rings is 1. The van der Waals surface area contributed by atoms with Crippen LogP contribution in [0, 0.1) is 29.1 Å². The Morgan fingerprint density at radius 1 is 1.19 bits per heavy atom. The Hall–Kier alpha value is -1.84. The van der Waals surface area contributed by atoms with Gasteiger partial charge >= 0.3 is 5.97 Å². The summed E-state index contributed by atoms with van der Waals surface area (Å²) in [6, 6.07) is 1.70. The van der Waals surface area contributed by atoms with Crippen LogP contribution in [0.1, 0.15) is 101 Å². The SMILES string of the molecule is CCCCC.CNN(C(=O)C1CCC(C)CC1)c1cc(C#CC(C)(C)C)sc1C(=O)O. The number of carbonyl (C=O) groups excluding carboxylic acids is 1. The molecule has 0 radical (unpaired) electrons. The fourth-order valence-corrected chi connectivity index (χ4v) is 4.24. The summed E-state index contributed by atoms with van der Waals surface area (Å²) in [6.07, 6.45) is 7.84. The zero-order chi connectivity index (χ0) is 23.6. The molecule has 2 N–H and O–H groups in total. The lowest BCUT2D eigenvalue weighted by atomic mass is 9.82. The minimum Gasteiger partial charge on any atom is -0.477 e. The minimum absolute atomic E-state index is 0.0602. The molecule has 1 heterocycles. The molecule has 1 aromatic rings. The number of hydrazine groups is 1. The Bertz CT molecular complexity index is 773. The van der Waals surface area contributed by atoms with E-state index in [1.165, 1.54) is 24.3 Å². The first-order valence-electron chi connectivity index (χ1n) is 11.5. The average Bonchev–Trinajstić information content (AvgIpc) is 3.12. The number of nitrogens with one attached hydrogen (secondary N) is 1. The highest BCUT2D eigenvalue weighted by Gasteiger charge is 2.31. The van der Waals surface area contributed by atoms with Crippen LogP contribution in [0.4, 0.5) is 5.69 Å². The molecular formula is C25H40N2O3S. The normalized spacial score (nSPS) is 18.3. The van der Waals surface area contributed by atoms with Crippen molar-refractivity contribution >= 4 is 28.9 Å². The van der Waals surface area contributed by atoms with E-state index in [4.69, 9.17) is 0 Å². The molecule has 174 valence electrons. The maximum absolute atomic E-state index is 13.0. The van der Waals surface area contributed by atoms with Crippen molar-refractivity contribution in [2.75, 3.05) is 12.1 Å². The Kier molecular flexibility index (Phi) is 11.3. The first-order valence-corrected chi connectivity index (χ1v) is 12.3. The van der Waals surface area contributed by atoms with Crippen molar-refractivity contribution < 1.29 is 14.7 Å². The lowest BCUT2D eigenvalue weighted by Crippen LogP contribution is -2.45. The van der Waals surface area contributed by atoms with Crippen LogP contribution in [0.3, 0.4) is 0 Å². The van der Waals surface area contributed by atoms with Crippen molar-refractivity contribution in [3.63, 3.8) is 0 Å². The highest BCUT2D eigenvalue weighted by molar-refractivity contribution is 7.15. The van der Waals surface area contributed by atoms with Crippen LogP contribution < -0.4 is 10.4 Å². The number of aromatic carboxylic acids is 1. The number of hydrogen-bond donors (Lipinski definition) is 2. The molecule has 0 bridgehead atoms. The Balaban J connectivity index is 0.000000861. The highest BCUT2D eigenvalue weighted by Crippen LogP contribution is 2.34. The van der Waals surface area contributed by atoms with Crippen molar-refractivity contribution in [1.82, 2.24) is 5.43 Å². The monoisotopic (exact) mass is 448 g/mol. The quantitative estimate of drug-likeness (QED) is 0.394. The number of nitrogens with zero attached hydrogens (tertiary/aromatic N) is 1. The third-order valence-electron chi connectivity index (χ3n) is 5.22. The summed E-state index contributed by atoms with van der Waals surface area (Å²) in [7, 11) is 1.65. The van der Waals surface area contributed by atoms with Crippen molar-refractivity contribution in [2.45, 2.75) is 86.5 Å². The molecule has 1 amide bonds. The molecule has 2 rings (SSSR count). The van der Waals surface area contributed by atoms with Gasteiger partial charge in [-0.1, -0.05) is 51.9 Å². The van der Waals surface area contributed by atoms with Gasteiger partial charge in [0.15, 0.2) is 0 Å². The van der Waals surface area contributed by atoms with E-state index in [9.17, 15) is 14.7 Å². The first-order chi connectivity index (χ1) is 14.5. The molecule has 0 saturated heterocycles. The number of hydrogen-bond acceptors (Lipinski definition) is 4. The number of carbonyl (C=O) groups is 2. The van der Waals surface area contributed by atoms with Gasteiger partial charge in [0.25, 0.3) is 0 Å². The fraction of sp³-hybridized carbons (Fsp3) is 0.680. The maximum atomic E-state index is 13.0. The van der Waals surface area contributed by atoms with Gasteiger partial charge in [-0.05, 0) is 58.4 Å². The summed E-state index contributed by atoms with van der Waals surface area (Å²) >= 11 is 1.11. The molecule has 5 nitrogen and oxygen atoms in total. The van der Waals surface area contributed by atoms with Crippen molar-refractivity contribution in [3.05, 3.63) is 15.8 Å². The topological polar surface area (TPSA) is 69.6 Å². The van der Waals surface area contributed by atoms with Crippen molar-refractivity contribution in [1.29, 1.82) is 0 Å². The third-order valence-corrected chi connectivity index (χ3v) is 6.25. The van der Waals surface area contributed by atoms with Crippen LogP contribution in [0.25, 0.3) is 0 Å². The van der Waals surface area contributed by atoms with Crippen LogP contribution in [0.15, 0.2) is 6.07 Å². The molecule has 0 aromatic carbocycles. The third kappa shape index (κ3) is 9.04. The second-order valence-corrected chi connectivity index (χ2v) is 10.4. The van der Waals surface area contributed by atoms with Gasteiger partial charge in [0.2, 0.25) is 5.91 Å². The van der Waals surface area contributed by atoms with Gasteiger partial charge in [0, 0.05) is 18.4 Å². The minimum atomic E-state index is -1.04. The molecule has 0 spiro atoms. The summed E-state index contributed by atoms with van der Waals surface area (Å²) in [4.78, 5) is 25.5. The molecule has 1 aliphatic carbocycles. The lowest BCUT2D eigenvalue weighted by molar-refractivity contribution is -0.124. The van der Waals surface area contributed by atoms with Gasteiger partial charge in [0.1, 0.15) is 4.88 Å². The predicted molar refractivity (Wildman–Crippen MR) is 130 cm³/mol. The van der Waals surface area contributed by atoms with E-state index in [1.807, 2.05) is 20.8 Å². The summed E-state index contributed by atoms with van der Waals surface area (Å²) < 4.78 is 0. The molecule has 1 aromatic heterocycles. The highest BCUT2D eigenvalue weighted by atomic mass is 32.1. The number of amides is 1. The smallest absolute Gasteiger partial charge is 0.348 e. The summed E-state index contributed by atoms with van der Waals surface area (Å²) in [5, 5.41) is 11.0. The Morgan fingerprint density at radius 3 is 2.19 bits per heavy atom. The number of unbranched alkanes of at least 4 members (excludes halogenated alkanes) is 2. The van der Waals surface area contributed by atoms with E-state index in [0.29, 0.717) is 16.5 Å². The zero-order valence-electron chi connectivity index (χ0n) is 20.3. The van der Waals surface area contributed by atoms with E-state index >= 15 is 0 Å². The Labute approximate surface area is 192 Å². The molecule has 1 saturated carbocycles. The van der Waals surface area contributed by atoms with Gasteiger partial charge in [-0.2, -0.15) is 0 Å². The predicted octanol–water partition coefficient (Wildman–Crippen LogP) is 6.33. The van der Waals surface area contributed by atoms with E-state index in [2.05, 4.69) is 38.0 Å². The summed E-state index contributed by atoms with van der Waals surface area (Å²) in [5.41, 5.74) is 3.09. The van der Waals surface area contributed by atoms with E-state index in [0.717, 1.165) is 37.0 Å². The molecular weight excluding hydrogens is 408 g/mol. The van der Waals surface area contributed by atoms with Gasteiger partial charge in [-0.3, -0.25) is 4.79 Å². The summed E-state index contributed by atoms with van der Waals surface area (Å²) in [6.45, 7) is 12.6. The van der Waals surface area contributed by atoms with Crippen molar-refractivity contribution in [2.24, 2.45) is 17.3 Å². The standard InChI is InChI=1S/C20H28N2O3S.C5H12/c1-13-6-8-14(9-7-13)18(23)22(21-5)16-12-15(10-11-20(2,3)4)26-17(16)19(24)25;1-3-5-4-2/h12-14,21H,6-9H2,1-5H3,(H,24,25);3-5H2,1-2H3. The lowest BCUT2D eigenvalue weighted by Gasteiger charge is -2.30. The molecule has 0 atom stereocenters. The van der Waals surface area contributed by atoms with E-state index in [-0.39, 0.29) is 22.1 Å².